The molecule has 2 N–H and O–H groups in total. The third kappa shape index (κ3) is 2.74. The van der Waals surface area contributed by atoms with Crippen molar-refractivity contribution in [1.29, 1.82) is 0 Å². The minimum Gasteiger partial charge on any atom is -0.378 e. The van der Waals surface area contributed by atoms with E-state index in [4.69, 9.17) is 15.0 Å². The molecule has 1 saturated heterocycles. The van der Waals surface area contributed by atoms with Gasteiger partial charge in [0.25, 0.3) is 5.95 Å². The highest BCUT2D eigenvalue weighted by Gasteiger charge is 2.34. The highest BCUT2D eigenvalue weighted by Crippen LogP contribution is 2.33. The Balaban J connectivity index is 1.75. The quantitative estimate of drug-likeness (QED) is 0.816. The molecule has 1 saturated carbocycles. The summed E-state index contributed by atoms with van der Waals surface area (Å²) >= 11 is 0. The number of ether oxygens (including phenoxy) is 1. The molecule has 1 aliphatic carbocycles. The number of morpholine rings is 1. The summed E-state index contributed by atoms with van der Waals surface area (Å²) in [5.74, 6) is 1.27. The molecule has 1 aromatic heterocycles. The van der Waals surface area contributed by atoms with Gasteiger partial charge in [-0.1, -0.05) is 25.7 Å². The molecule has 6 heteroatoms. The first-order valence-electron chi connectivity index (χ1n) is 7.24. The maximum atomic E-state index is 6.48. The van der Waals surface area contributed by atoms with Crippen molar-refractivity contribution in [1.82, 2.24) is 10.1 Å². The van der Waals surface area contributed by atoms with Crippen LogP contribution in [-0.4, -0.2) is 36.4 Å². The van der Waals surface area contributed by atoms with Gasteiger partial charge < -0.3 is 19.9 Å². The van der Waals surface area contributed by atoms with E-state index in [1.165, 1.54) is 12.8 Å². The van der Waals surface area contributed by atoms with Gasteiger partial charge in [0.15, 0.2) is 0 Å². The zero-order valence-electron chi connectivity index (χ0n) is 11.3. The lowest BCUT2D eigenvalue weighted by Gasteiger charge is -2.25. The second-order valence-electron chi connectivity index (χ2n) is 5.57. The zero-order chi connectivity index (χ0) is 13.1. The van der Waals surface area contributed by atoms with Gasteiger partial charge in [-0.25, -0.2) is 0 Å². The van der Waals surface area contributed by atoms with Crippen LogP contribution in [0.4, 0.5) is 5.95 Å². The molecule has 0 amide bonds. The smallest absolute Gasteiger partial charge is 0.266 e. The molecule has 2 heterocycles. The van der Waals surface area contributed by atoms with Crippen LogP contribution in [0, 0.1) is 0 Å². The third-order valence-electron chi connectivity index (χ3n) is 4.13. The van der Waals surface area contributed by atoms with Crippen molar-refractivity contribution in [3.8, 4) is 0 Å². The van der Waals surface area contributed by atoms with Crippen molar-refractivity contribution in [2.24, 2.45) is 5.73 Å². The summed E-state index contributed by atoms with van der Waals surface area (Å²) in [6, 6.07) is 0. The van der Waals surface area contributed by atoms with Crippen LogP contribution in [0.15, 0.2) is 4.52 Å². The topological polar surface area (TPSA) is 77.4 Å². The number of nitrogens with zero attached hydrogens (tertiary/aromatic N) is 3. The molecule has 1 aliphatic heterocycles. The molecule has 1 aromatic rings. The molecule has 0 atom stereocenters. The maximum Gasteiger partial charge on any atom is 0.266 e. The number of anilines is 1. The lowest BCUT2D eigenvalue weighted by Crippen LogP contribution is -2.38. The van der Waals surface area contributed by atoms with Gasteiger partial charge >= 0.3 is 0 Å². The minimum absolute atomic E-state index is 0.423. The Hall–Kier alpha value is -1.14. The molecule has 0 bridgehead atoms. The van der Waals surface area contributed by atoms with E-state index in [2.05, 4.69) is 15.0 Å². The average Bonchev–Trinajstić information content (AvgIpc) is 2.85. The van der Waals surface area contributed by atoms with Crippen LogP contribution in [0.2, 0.25) is 0 Å². The van der Waals surface area contributed by atoms with Gasteiger partial charge in [0.1, 0.15) is 0 Å². The van der Waals surface area contributed by atoms with Gasteiger partial charge in [-0.05, 0) is 18.0 Å². The van der Waals surface area contributed by atoms with Crippen LogP contribution in [0.1, 0.15) is 44.4 Å². The Bertz CT molecular complexity index is 407. The van der Waals surface area contributed by atoms with Crippen LogP contribution >= 0.6 is 0 Å². The Morgan fingerprint density at radius 3 is 2.42 bits per heavy atom. The summed E-state index contributed by atoms with van der Waals surface area (Å²) < 4.78 is 10.8. The molecule has 0 radical (unpaired) electrons. The average molecular weight is 266 g/mol. The van der Waals surface area contributed by atoms with Crippen molar-refractivity contribution < 1.29 is 9.26 Å². The summed E-state index contributed by atoms with van der Waals surface area (Å²) in [4.78, 5) is 6.63. The SMILES string of the molecule is NC1(c2nc(N3CCOCC3)no2)CCCCCC1. The van der Waals surface area contributed by atoms with Crippen molar-refractivity contribution in [2.45, 2.75) is 44.1 Å². The number of hydrogen-bond donors (Lipinski definition) is 1. The first-order valence-corrected chi connectivity index (χ1v) is 7.24. The Labute approximate surface area is 113 Å². The fourth-order valence-corrected chi connectivity index (χ4v) is 2.88. The van der Waals surface area contributed by atoms with Crippen LogP contribution < -0.4 is 10.6 Å². The van der Waals surface area contributed by atoms with E-state index in [0.29, 0.717) is 11.8 Å². The van der Waals surface area contributed by atoms with E-state index in [9.17, 15) is 0 Å². The molecule has 19 heavy (non-hydrogen) atoms. The number of hydrogen-bond acceptors (Lipinski definition) is 6. The summed E-state index contributed by atoms with van der Waals surface area (Å²) in [5.41, 5.74) is 6.06. The second kappa shape index (κ2) is 5.46. The minimum atomic E-state index is -0.423. The lowest BCUT2D eigenvalue weighted by molar-refractivity contribution is 0.121. The zero-order valence-corrected chi connectivity index (χ0v) is 11.3. The number of nitrogens with two attached hydrogens (primary N) is 1. The van der Waals surface area contributed by atoms with Gasteiger partial charge in [-0.3, -0.25) is 0 Å². The molecule has 0 spiro atoms. The molecule has 106 valence electrons. The highest BCUT2D eigenvalue weighted by molar-refractivity contribution is 5.29. The molecular weight excluding hydrogens is 244 g/mol. The number of rotatable bonds is 2. The number of aromatic nitrogens is 2. The van der Waals surface area contributed by atoms with Crippen molar-refractivity contribution >= 4 is 5.95 Å². The van der Waals surface area contributed by atoms with Gasteiger partial charge in [0.2, 0.25) is 5.89 Å². The van der Waals surface area contributed by atoms with E-state index >= 15 is 0 Å². The fourth-order valence-electron chi connectivity index (χ4n) is 2.88. The molecule has 0 unspecified atom stereocenters. The summed E-state index contributed by atoms with van der Waals surface area (Å²) in [6.07, 6.45) is 6.68. The lowest BCUT2D eigenvalue weighted by atomic mass is 9.91. The van der Waals surface area contributed by atoms with Crippen LogP contribution in [-0.2, 0) is 10.3 Å². The van der Waals surface area contributed by atoms with Crippen molar-refractivity contribution in [2.75, 3.05) is 31.2 Å². The highest BCUT2D eigenvalue weighted by atomic mass is 16.5. The monoisotopic (exact) mass is 266 g/mol. The van der Waals surface area contributed by atoms with Crippen molar-refractivity contribution in [3.05, 3.63) is 5.89 Å². The van der Waals surface area contributed by atoms with Crippen LogP contribution in [0.25, 0.3) is 0 Å². The Morgan fingerprint density at radius 1 is 1.05 bits per heavy atom. The third-order valence-corrected chi connectivity index (χ3v) is 4.13. The Kier molecular flexibility index (Phi) is 3.70. The summed E-state index contributed by atoms with van der Waals surface area (Å²) in [7, 11) is 0. The molecular formula is C13H22N4O2. The normalized spacial score (nSPS) is 24.2. The molecule has 2 fully saturated rings. The predicted octanol–water partition coefficient (Wildman–Crippen LogP) is 1.41. The summed E-state index contributed by atoms with van der Waals surface area (Å²) in [6.45, 7) is 3.07. The van der Waals surface area contributed by atoms with Gasteiger partial charge in [0.05, 0.1) is 18.8 Å². The fraction of sp³-hybridized carbons (Fsp3) is 0.846. The van der Waals surface area contributed by atoms with Crippen molar-refractivity contribution in [3.63, 3.8) is 0 Å². The van der Waals surface area contributed by atoms with E-state index < -0.39 is 5.54 Å². The van der Waals surface area contributed by atoms with E-state index in [1.54, 1.807) is 0 Å². The Morgan fingerprint density at radius 2 is 1.74 bits per heavy atom. The van der Waals surface area contributed by atoms with E-state index in [-0.39, 0.29) is 0 Å². The molecule has 3 rings (SSSR count). The van der Waals surface area contributed by atoms with Crippen LogP contribution in [0.3, 0.4) is 0 Å². The summed E-state index contributed by atoms with van der Waals surface area (Å²) in [5, 5.41) is 4.10. The molecule has 0 aromatic carbocycles. The van der Waals surface area contributed by atoms with E-state index in [1.807, 2.05) is 0 Å². The molecule has 6 nitrogen and oxygen atoms in total. The standard InChI is InChI=1S/C13H22N4O2/c14-13(5-3-1-2-4-6-13)11-15-12(16-19-11)17-7-9-18-10-8-17/h1-10,14H2. The van der Waals surface area contributed by atoms with Crippen LogP contribution in [0.5, 0.6) is 0 Å². The molecule has 2 aliphatic rings. The van der Waals surface area contributed by atoms with Gasteiger partial charge in [-0.2, -0.15) is 4.98 Å². The second-order valence-corrected chi connectivity index (χ2v) is 5.57. The first kappa shape index (κ1) is 12.9. The largest absolute Gasteiger partial charge is 0.378 e. The first-order chi connectivity index (χ1) is 9.28. The predicted molar refractivity (Wildman–Crippen MR) is 70.9 cm³/mol. The maximum absolute atomic E-state index is 6.48. The van der Waals surface area contributed by atoms with Gasteiger partial charge in [0, 0.05) is 13.1 Å². The van der Waals surface area contributed by atoms with E-state index in [0.717, 1.165) is 52.0 Å². The van der Waals surface area contributed by atoms with Gasteiger partial charge in [-0.15, -0.1) is 0 Å².